The summed E-state index contributed by atoms with van der Waals surface area (Å²) in [6.45, 7) is 0.192. The van der Waals surface area contributed by atoms with Crippen molar-refractivity contribution in [3.05, 3.63) is 36.5 Å². The van der Waals surface area contributed by atoms with Gasteiger partial charge in [-0.1, -0.05) is 37.5 Å². The summed E-state index contributed by atoms with van der Waals surface area (Å²) in [5.41, 5.74) is 6.06. The van der Waals surface area contributed by atoms with Crippen molar-refractivity contribution in [2.24, 2.45) is 5.92 Å². The van der Waals surface area contributed by atoms with Crippen LogP contribution in [0.2, 0.25) is 0 Å². The number of hydrogen-bond acceptors (Lipinski definition) is 2. The summed E-state index contributed by atoms with van der Waals surface area (Å²) in [5, 5.41) is 1.10. The molecular formula is C18H23N3O2. The molecule has 1 saturated carbocycles. The van der Waals surface area contributed by atoms with Crippen LogP contribution in [0.3, 0.4) is 0 Å². The van der Waals surface area contributed by atoms with Crippen LogP contribution in [0.5, 0.6) is 0 Å². The van der Waals surface area contributed by atoms with Gasteiger partial charge in [0.15, 0.2) is 0 Å². The Morgan fingerprint density at radius 1 is 1.00 bits per heavy atom. The number of nitrogens with one attached hydrogen (secondary N) is 2. The molecule has 0 atom stereocenters. The number of hydrogen-bond donors (Lipinski definition) is 2. The molecule has 122 valence electrons. The number of aromatic nitrogens is 1. The third kappa shape index (κ3) is 4.12. The molecule has 0 bridgehead atoms. The van der Waals surface area contributed by atoms with Crippen LogP contribution in [0.4, 0.5) is 0 Å². The summed E-state index contributed by atoms with van der Waals surface area (Å²) < 4.78 is 1.87. The molecule has 1 aliphatic rings. The number of para-hydroxylation sites is 1. The zero-order chi connectivity index (χ0) is 16.1. The summed E-state index contributed by atoms with van der Waals surface area (Å²) in [4.78, 5) is 23.9. The predicted octanol–water partition coefficient (Wildman–Crippen LogP) is 2.76. The molecule has 1 aromatic carbocycles. The van der Waals surface area contributed by atoms with Gasteiger partial charge in [-0.05, 0) is 36.3 Å². The van der Waals surface area contributed by atoms with Crippen LogP contribution in [0, 0.1) is 5.92 Å². The molecule has 0 aliphatic heterocycles. The highest BCUT2D eigenvalue weighted by Crippen LogP contribution is 2.25. The van der Waals surface area contributed by atoms with Crippen LogP contribution in [0.15, 0.2) is 36.5 Å². The monoisotopic (exact) mass is 313 g/mol. The molecule has 3 rings (SSSR count). The number of fused-ring (bicyclic) bond motifs is 1. The Bertz CT molecular complexity index is 686. The quantitative estimate of drug-likeness (QED) is 0.853. The molecule has 1 aliphatic carbocycles. The van der Waals surface area contributed by atoms with Gasteiger partial charge in [0.1, 0.15) is 6.54 Å². The Morgan fingerprint density at radius 3 is 2.57 bits per heavy atom. The summed E-state index contributed by atoms with van der Waals surface area (Å²) >= 11 is 0. The second kappa shape index (κ2) is 7.31. The van der Waals surface area contributed by atoms with Crippen LogP contribution in [0.25, 0.3) is 10.9 Å². The number of rotatable bonds is 4. The van der Waals surface area contributed by atoms with Gasteiger partial charge in [-0.2, -0.15) is 0 Å². The van der Waals surface area contributed by atoms with Crippen LogP contribution in [-0.2, 0) is 16.1 Å². The number of carbonyl (C=O) groups excluding carboxylic acids is 2. The van der Waals surface area contributed by atoms with Crippen molar-refractivity contribution in [3.63, 3.8) is 0 Å². The highest BCUT2D eigenvalue weighted by molar-refractivity contribution is 5.85. The minimum Gasteiger partial charge on any atom is -0.338 e. The van der Waals surface area contributed by atoms with Gasteiger partial charge in [-0.15, -0.1) is 0 Å². The van der Waals surface area contributed by atoms with Gasteiger partial charge in [0.2, 0.25) is 5.91 Å². The van der Waals surface area contributed by atoms with E-state index in [-0.39, 0.29) is 18.4 Å². The Morgan fingerprint density at radius 2 is 1.74 bits per heavy atom. The van der Waals surface area contributed by atoms with Gasteiger partial charge in [0.25, 0.3) is 5.91 Å². The lowest BCUT2D eigenvalue weighted by atomic mass is 9.87. The topological polar surface area (TPSA) is 63.1 Å². The Hall–Kier alpha value is -2.30. The van der Waals surface area contributed by atoms with Crippen molar-refractivity contribution in [1.29, 1.82) is 0 Å². The van der Waals surface area contributed by atoms with Crippen LogP contribution in [0.1, 0.15) is 38.5 Å². The van der Waals surface area contributed by atoms with E-state index in [4.69, 9.17) is 0 Å². The average Bonchev–Trinajstić information content (AvgIpc) is 2.97. The zero-order valence-electron chi connectivity index (χ0n) is 13.3. The van der Waals surface area contributed by atoms with Gasteiger partial charge in [0.05, 0.1) is 0 Å². The summed E-state index contributed by atoms with van der Waals surface area (Å²) in [5.74, 6) is 0.153. The van der Waals surface area contributed by atoms with Crippen molar-refractivity contribution in [2.75, 3.05) is 0 Å². The normalized spacial score (nSPS) is 15.5. The maximum atomic E-state index is 12.0. The molecule has 2 amide bonds. The van der Waals surface area contributed by atoms with Gasteiger partial charge in [0, 0.05) is 18.1 Å². The van der Waals surface area contributed by atoms with Crippen molar-refractivity contribution < 1.29 is 9.59 Å². The van der Waals surface area contributed by atoms with E-state index in [0.717, 1.165) is 23.7 Å². The Labute approximate surface area is 136 Å². The van der Waals surface area contributed by atoms with E-state index >= 15 is 0 Å². The Balaban J connectivity index is 1.46. The molecule has 0 saturated heterocycles. The summed E-state index contributed by atoms with van der Waals surface area (Å²) in [6.07, 6.45) is 8.34. The SMILES string of the molecule is O=C(CC1CCCCC1)NNC(=O)Cn1ccc2ccccc21. The first-order valence-electron chi connectivity index (χ1n) is 8.34. The molecule has 0 unspecified atom stereocenters. The number of amides is 2. The van der Waals surface area contributed by atoms with Gasteiger partial charge in [-0.25, -0.2) is 0 Å². The first kappa shape index (κ1) is 15.6. The largest absolute Gasteiger partial charge is 0.338 e. The van der Waals surface area contributed by atoms with Crippen molar-refractivity contribution in [3.8, 4) is 0 Å². The fourth-order valence-electron chi connectivity index (χ4n) is 3.32. The van der Waals surface area contributed by atoms with Crippen molar-refractivity contribution >= 4 is 22.7 Å². The second-order valence-corrected chi connectivity index (χ2v) is 6.31. The highest BCUT2D eigenvalue weighted by Gasteiger charge is 2.17. The summed E-state index contributed by atoms with van der Waals surface area (Å²) in [6, 6.07) is 9.88. The minimum atomic E-state index is -0.219. The number of nitrogens with zero attached hydrogens (tertiary/aromatic N) is 1. The van der Waals surface area contributed by atoms with E-state index in [9.17, 15) is 9.59 Å². The first-order chi connectivity index (χ1) is 11.2. The molecule has 0 radical (unpaired) electrons. The fourth-order valence-corrected chi connectivity index (χ4v) is 3.32. The predicted molar refractivity (Wildman–Crippen MR) is 89.4 cm³/mol. The molecule has 0 spiro atoms. The summed E-state index contributed by atoms with van der Waals surface area (Å²) in [7, 11) is 0. The molecule has 5 heteroatoms. The molecule has 1 fully saturated rings. The maximum absolute atomic E-state index is 12.0. The van der Waals surface area contributed by atoms with Gasteiger partial charge < -0.3 is 4.57 Å². The smallest absolute Gasteiger partial charge is 0.258 e. The number of benzene rings is 1. The molecule has 1 heterocycles. The molecule has 1 aromatic heterocycles. The lowest BCUT2D eigenvalue weighted by Gasteiger charge is -2.20. The van der Waals surface area contributed by atoms with Crippen molar-refractivity contribution in [1.82, 2.24) is 15.4 Å². The van der Waals surface area contributed by atoms with E-state index in [0.29, 0.717) is 12.3 Å². The third-order valence-corrected chi connectivity index (χ3v) is 4.53. The fraction of sp³-hybridized carbons (Fsp3) is 0.444. The lowest BCUT2D eigenvalue weighted by molar-refractivity contribution is -0.129. The lowest BCUT2D eigenvalue weighted by Crippen LogP contribution is -2.43. The maximum Gasteiger partial charge on any atom is 0.258 e. The number of hydrazine groups is 1. The average molecular weight is 313 g/mol. The van der Waals surface area contributed by atoms with Crippen molar-refractivity contribution in [2.45, 2.75) is 45.1 Å². The van der Waals surface area contributed by atoms with E-state index in [1.807, 2.05) is 41.1 Å². The minimum absolute atomic E-state index is 0.0948. The number of carbonyl (C=O) groups is 2. The van der Waals surface area contributed by atoms with E-state index < -0.39 is 0 Å². The highest BCUT2D eigenvalue weighted by atomic mass is 16.2. The van der Waals surface area contributed by atoms with Gasteiger partial charge >= 0.3 is 0 Å². The van der Waals surface area contributed by atoms with Crippen LogP contribution >= 0.6 is 0 Å². The van der Waals surface area contributed by atoms with Crippen LogP contribution in [-0.4, -0.2) is 16.4 Å². The van der Waals surface area contributed by atoms with E-state index in [2.05, 4.69) is 10.9 Å². The standard InChI is InChI=1S/C18H23N3O2/c22-17(12-14-6-2-1-3-7-14)19-20-18(23)13-21-11-10-15-8-4-5-9-16(15)21/h4-5,8-11,14H,1-3,6-7,12-13H2,(H,19,22)(H,20,23). The Kier molecular flexibility index (Phi) is 4.95. The van der Waals surface area contributed by atoms with E-state index in [1.54, 1.807) is 0 Å². The molecule has 5 nitrogen and oxygen atoms in total. The molecular weight excluding hydrogens is 290 g/mol. The molecule has 23 heavy (non-hydrogen) atoms. The zero-order valence-corrected chi connectivity index (χ0v) is 13.3. The second-order valence-electron chi connectivity index (χ2n) is 6.31. The molecule has 2 N–H and O–H groups in total. The van der Waals surface area contributed by atoms with Crippen LogP contribution < -0.4 is 10.9 Å². The van der Waals surface area contributed by atoms with E-state index in [1.165, 1.54) is 19.3 Å². The molecule has 2 aromatic rings. The van der Waals surface area contributed by atoms with Gasteiger partial charge in [-0.3, -0.25) is 20.4 Å². The third-order valence-electron chi connectivity index (χ3n) is 4.53. The first-order valence-corrected chi connectivity index (χ1v) is 8.34.